The Balaban J connectivity index is 2.51. The van der Waals surface area contributed by atoms with Gasteiger partial charge in [-0.05, 0) is 43.7 Å². The van der Waals surface area contributed by atoms with E-state index in [4.69, 9.17) is 9.47 Å². The van der Waals surface area contributed by atoms with Gasteiger partial charge in [0.25, 0.3) is 0 Å². The molecule has 0 spiro atoms. The first-order valence-corrected chi connectivity index (χ1v) is 11.2. The largest absolute Gasteiger partial charge is 0.454 e. The van der Waals surface area contributed by atoms with Gasteiger partial charge in [0.1, 0.15) is 17.3 Å². The lowest BCUT2D eigenvalue weighted by Gasteiger charge is -2.19. The van der Waals surface area contributed by atoms with Crippen LogP contribution in [-0.4, -0.2) is 22.5 Å². The lowest BCUT2D eigenvalue weighted by molar-refractivity contribution is -0.151. The molecule has 0 unspecified atom stereocenters. The molecular formula is C26H35N3O3. The van der Waals surface area contributed by atoms with Gasteiger partial charge in [-0.1, -0.05) is 58.4 Å². The van der Waals surface area contributed by atoms with Crippen molar-refractivity contribution >= 4 is 17.3 Å². The third-order valence-corrected chi connectivity index (χ3v) is 5.48. The van der Waals surface area contributed by atoms with Gasteiger partial charge in [-0.2, -0.15) is 10.4 Å². The molecule has 2 rings (SSSR count). The molecule has 0 N–H and O–H groups in total. The van der Waals surface area contributed by atoms with Gasteiger partial charge >= 0.3 is 5.97 Å². The van der Waals surface area contributed by atoms with Crippen molar-refractivity contribution in [2.75, 3.05) is 6.79 Å². The van der Waals surface area contributed by atoms with Crippen LogP contribution in [-0.2, 0) is 26.2 Å². The third-order valence-electron chi connectivity index (χ3n) is 5.48. The molecule has 0 atom stereocenters. The molecule has 1 aromatic carbocycles. The first-order valence-electron chi connectivity index (χ1n) is 11.2. The van der Waals surface area contributed by atoms with Crippen LogP contribution in [0, 0.1) is 25.2 Å². The van der Waals surface area contributed by atoms with Gasteiger partial charge in [0.05, 0.1) is 5.69 Å². The highest BCUT2D eigenvalue weighted by Gasteiger charge is 2.23. The maximum Gasteiger partial charge on any atom is 0.308 e. The minimum absolute atomic E-state index is 0.00953. The summed E-state index contributed by atoms with van der Waals surface area (Å²) < 4.78 is 13.1. The van der Waals surface area contributed by atoms with Crippen LogP contribution in [0.5, 0.6) is 0 Å². The fourth-order valence-electron chi connectivity index (χ4n) is 3.38. The molecule has 0 saturated carbocycles. The molecule has 0 fully saturated rings. The zero-order chi connectivity index (χ0) is 23.9. The van der Waals surface area contributed by atoms with Crippen molar-refractivity contribution in [1.29, 1.82) is 5.26 Å². The standard InChI is InChI=1S/C26H35N3O3/c1-8-10-11-23(30)31-17-32-25(24-18(3)19(4)28-29(24)9-2)22(16-27)20-12-14-21(15-13-20)26(5,6)7/h12-15H,8-11,17H2,1-7H3/b25-22-. The topological polar surface area (TPSA) is 77.1 Å². The van der Waals surface area contributed by atoms with Crippen LogP contribution in [0.2, 0.25) is 0 Å². The highest BCUT2D eigenvalue weighted by molar-refractivity contribution is 5.94. The number of hydrogen-bond donors (Lipinski definition) is 0. The third kappa shape index (κ3) is 6.00. The molecule has 0 aliphatic carbocycles. The highest BCUT2D eigenvalue weighted by Crippen LogP contribution is 2.32. The van der Waals surface area contributed by atoms with Crippen LogP contribution in [0.4, 0.5) is 0 Å². The van der Waals surface area contributed by atoms with E-state index >= 15 is 0 Å². The number of esters is 1. The first kappa shape index (κ1) is 25.2. The number of carbonyl (C=O) groups is 1. The van der Waals surface area contributed by atoms with Crippen molar-refractivity contribution in [2.24, 2.45) is 0 Å². The number of nitrogens with zero attached hydrogens (tertiary/aromatic N) is 3. The van der Waals surface area contributed by atoms with Crippen LogP contribution in [0.1, 0.15) is 82.0 Å². The van der Waals surface area contributed by atoms with Crippen LogP contribution in [0.3, 0.4) is 0 Å². The summed E-state index contributed by atoms with van der Waals surface area (Å²) in [6.07, 6.45) is 2.04. The van der Waals surface area contributed by atoms with E-state index in [0.717, 1.165) is 35.4 Å². The molecule has 0 aliphatic rings. The summed E-state index contributed by atoms with van der Waals surface area (Å²) in [5.74, 6) is 0.0652. The Morgan fingerprint density at radius 1 is 1.12 bits per heavy atom. The van der Waals surface area contributed by atoms with Gasteiger partial charge < -0.3 is 9.47 Å². The van der Waals surface area contributed by atoms with Gasteiger partial charge in [0.15, 0.2) is 5.76 Å². The molecule has 6 heteroatoms. The molecule has 0 amide bonds. The van der Waals surface area contributed by atoms with Crippen molar-refractivity contribution in [2.45, 2.75) is 79.7 Å². The molecule has 172 valence electrons. The minimum atomic E-state index is -0.309. The molecular weight excluding hydrogens is 402 g/mol. The summed E-state index contributed by atoms with van der Waals surface area (Å²) in [4.78, 5) is 12.0. The quantitative estimate of drug-likeness (QED) is 0.211. The predicted molar refractivity (Wildman–Crippen MR) is 127 cm³/mol. The maximum absolute atomic E-state index is 12.0. The SMILES string of the molecule is CCCCC(=O)OCO/C(=C(/C#N)c1ccc(C(C)(C)C)cc1)c1c(C)c(C)nn1CC. The molecule has 0 saturated heterocycles. The Labute approximate surface area is 191 Å². The average molecular weight is 438 g/mol. The minimum Gasteiger partial charge on any atom is -0.454 e. The van der Waals surface area contributed by atoms with E-state index in [2.05, 4.69) is 31.9 Å². The summed E-state index contributed by atoms with van der Waals surface area (Å²) in [6, 6.07) is 10.2. The highest BCUT2D eigenvalue weighted by atomic mass is 16.7. The summed E-state index contributed by atoms with van der Waals surface area (Å²) in [6.45, 7) is 14.7. The van der Waals surface area contributed by atoms with E-state index in [1.54, 1.807) is 0 Å². The van der Waals surface area contributed by atoms with E-state index in [9.17, 15) is 10.1 Å². The molecule has 1 heterocycles. The van der Waals surface area contributed by atoms with Gasteiger partial charge in [-0.25, -0.2) is 0 Å². The van der Waals surface area contributed by atoms with Gasteiger partial charge in [-0.15, -0.1) is 0 Å². The monoisotopic (exact) mass is 437 g/mol. The van der Waals surface area contributed by atoms with Crippen molar-refractivity contribution in [1.82, 2.24) is 9.78 Å². The summed E-state index contributed by atoms with van der Waals surface area (Å²) in [7, 11) is 0. The Kier molecular flexibility index (Phi) is 8.65. The van der Waals surface area contributed by atoms with E-state index in [1.807, 2.05) is 56.6 Å². The molecule has 32 heavy (non-hydrogen) atoms. The average Bonchev–Trinajstić information content (AvgIpc) is 3.04. The molecule has 2 aromatic rings. The van der Waals surface area contributed by atoms with Crippen molar-refractivity contribution in [3.05, 3.63) is 52.3 Å². The second-order valence-electron chi connectivity index (χ2n) is 8.90. The lowest BCUT2D eigenvalue weighted by Crippen LogP contribution is -2.12. The second kappa shape index (κ2) is 11.0. The molecule has 0 radical (unpaired) electrons. The number of unbranched alkanes of at least 4 members (excludes halogenated alkanes) is 1. The van der Waals surface area contributed by atoms with Gasteiger partial charge in [0.2, 0.25) is 6.79 Å². The number of rotatable bonds is 9. The number of nitriles is 1. The molecule has 0 aliphatic heterocycles. The number of hydrogen-bond acceptors (Lipinski definition) is 5. The Morgan fingerprint density at radius 2 is 1.78 bits per heavy atom. The van der Waals surface area contributed by atoms with E-state index < -0.39 is 0 Å². The zero-order valence-corrected chi connectivity index (χ0v) is 20.4. The smallest absolute Gasteiger partial charge is 0.308 e. The van der Waals surface area contributed by atoms with E-state index in [-0.39, 0.29) is 18.2 Å². The van der Waals surface area contributed by atoms with Gasteiger partial charge in [-0.3, -0.25) is 9.48 Å². The number of benzene rings is 1. The molecule has 6 nitrogen and oxygen atoms in total. The fourth-order valence-corrected chi connectivity index (χ4v) is 3.38. The van der Waals surface area contributed by atoms with E-state index in [0.29, 0.717) is 24.3 Å². The van der Waals surface area contributed by atoms with Crippen LogP contribution < -0.4 is 0 Å². The van der Waals surface area contributed by atoms with Crippen LogP contribution >= 0.6 is 0 Å². The number of ether oxygens (including phenoxy) is 2. The number of allylic oxidation sites excluding steroid dienone is 1. The zero-order valence-electron chi connectivity index (χ0n) is 20.4. The normalized spacial score (nSPS) is 12.2. The second-order valence-corrected chi connectivity index (χ2v) is 8.90. The molecule has 0 bridgehead atoms. The fraction of sp³-hybridized carbons (Fsp3) is 0.500. The van der Waals surface area contributed by atoms with Gasteiger partial charge in [0, 0.05) is 18.5 Å². The lowest BCUT2D eigenvalue weighted by atomic mass is 9.86. The first-order chi connectivity index (χ1) is 15.1. The number of aryl methyl sites for hydroxylation is 2. The number of aromatic nitrogens is 2. The summed E-state index contributed by atoms with van der Waals surface area (Å²) >= 11 is 0. The van der Waals surface area contributed by atoms with Crippen molar-refractivity contribution in [3.63, 3.8) is 0 Å². The number of carbonyl (C=O) groups excluding carboxylic acids is 1. The summed E-state index contributed by atoms with van der Waals surface area (Å²) in [5, 5.41) is 14.7. The van der Waals surface area contributed by atoms with Crippen LogP contribution in [0.15, 0.2) is 24.3 Å². The van der Waals surface area contributed by atoms with Crippen molar-refractivity contribution < 1.29 is 14.3 Å². The van der Waals surface area contributed by atoms with E-state index in [1.165, 1.54) is 5.56 Å². The van der Waals surface area contributed by atoms with Crippen LogP contribution in [0.25, 0.3) is 11.3 Å². The summed E-state index contributed by atoms with van der Waals surface area (Å²) in [5.41, 5.74) is 4.83. The molecule has 1 aromatic heterocycles. The maximum atomic E-state index is 12.0. The Morgan fingerprint density at radius 3 is 2.31 bits per heavy atom. The predicted octanol–water partition coefficient (Wildman–Crippen LogP) is 5.92. The van der Waals surface area contributed by atoms with Crippen molar-refractivity contribution in [3.8, 4) is 6.07 Å². The Hall–Kier alpha value is -3.07. The Bertz CT molecular complexity index is 1000.